The number of esters is 2. The molecule has 0 atom stereocenters. The van der Waals surface area contributed by atoms with E-state index in [1.54, 1.807) is 36.4 Å². The predicted octanol–water partition coefficient (Wildman–Crippen LogP) is 9.54. The second kappa shape index (κ2) is 25.3. The highest BCUT2D eigenvalue weighted by molar-refractivity contribution is 5.89. The van der Waals surface area contributed by atoms with Gasteiger partial charge < -0.3 is 9.47 Å². The normalized spacial score (nSPS) is 11.4. The van der Waals surface area contributed by atoms with Gasteiger partial charge in [0.1, 0.15) is 13.2 Å². The van der Waals surface area contributed by atoms with Gasteiger partial charge in [0.15, 0.2) is 0 Å². The van der Waals surface area contributed by atoms with Crippen molar-refractivity contribution in [3.63, 3.8) is 0 Å². The fourth-order valence-electron chi connectivity index (χ4n) is 4.18. The Hall–Kier alpha value is -2.36. The molecule has 0 aliphatic rings. The predicted molar refractivity (Wildman–Crippen MR) is 155 cm³/mol. The Morgan fingerprint density at radius 3 is 1.65 bits per heavy atom. The number of rotatable bonds is 24. The molecule has 0 amide bonds. The van der Waals surface area contributed by atoms with Crippen molar-refractivity contribution in [2.75, 3.05) is 13.2 Å². The minimum Gasteiger partial charge on any atom is -0.461 e. The second-order valence-electron chi connectivity index (χ2n) is 9.87. The number of carbonyl (C=O) groups excluding carboxylic acids is 2. The van der Waals surface area contributed by atoms with Crippen molar-refractivity contribution in [1.82, 2.24) is 0 Å². The lowest BCUT2D eigenvalue weighted by Gasteiger charge is -2.04. The summed E-state index contributed by atoms with van der Waals surface area (Å²) in [6.45, 7) is 2.66. The summed E-state index contributed by atoms with van der Waals surface area (Å²) in [5, 5.41) is 0. The molecule has 0 spiro atoms. The number of unbranched alkanes of at least 4 members (excludes halogenated alkanes) is 15. The van der Waals surface area contributed by atoms with E-state index in [0.717, 1.165) is 12.8 Å². The fraction of sp³-hybridized carbons (Fsp3) is 0.636. The molecule has 0 aromatic heterocycles. The highest BCUT2D eigenvalue weighted by atomic mass is 16.5. The van der Waals surface area contributed by atoms with Crippen LogP contribution in [0.1, 0.15) is 133 Å². The van der Waals surface area contributed by atoms with Crippen LogP contribution in [0.3, 0.4) is 0 Å². The molecule has 0 saturated carbocycles. The topological polar surface area (TPSA) is 52.6 Å². The van der Waals surface area contributed by atoms with Crippen LogP contribution in [-0.2, 0) is 14.3 Å². The maximum Gasteiger partial charge on any atom is 0.338 e. The summed E-state index contributed by atoms with van der Waals surface area (Å²) in [5.74, 6) is -0.518. The number of carbonyl (C=O) groups is 2. The quantitative estimate of drug-likeness (QED) is 0.0786. The number of benzene rings is 1. The van der Waals surface area contributed by atoms with Crippen LogP contribution in [0.15, 0.2) is 54.6 Å². The van der Waals surface area contributed by atoms with Crippen LogP contribution in [0, 0.1) is 0 Å². The number of hydrogen-bond acceptors (Lipinski definition) is 4. The maximum absolute atomic E-state index is 11.8. The standard InChI is InChI=1S/C33H52O4/c1-2-3-4-5-6-7-8-9-10-11-12-13-14-15-16-17-18-19-23-28-32(34)36-29-24-25-30-37-33(35)31-26-21-20-22-27-31/h9-10,20-22,24-27H,2-8,11-19,23,28-30H2,1H3. The summed E-state index contributed by atoms with van der Waals surface area (Å²) in [6, 6.07) is 8.87. The van der Waals surface area contributed by atoms with Crippen molar-refractivity contribution in [3.05, 3.63) is 60.2 Å². The van der Waals surface area contributed by atoms with Gasteiger partial charge in [0.25, 0.3) is 0 Å². The van der Waals surface area contributed by atoms with Crippen molar-refractivity contribution >= 4 is 11.9 Å². The molecule has 1 aromatic carbocycles. The third-order valence-corrected chi connectivity index (χ3v) is 6.47. The molecule has 0 unspecified atom stereocenters. The lowest BCUT2D eigenvalue weighted by molar-refractivity contribution is -0.142. The number of allylic oxidation sites excluding steroid dienone is 2. The third-order valence-electron chi connectivity index (χ3n) is 6.47. The van der Waals surface area contributed by atoms with Gasteiger partial charge in [-0.1, -0.05) is 114 Å². The molecule has 208 valence electrons. The number of ether oxygens (including phenoxy) is 2. The van der Waals surface area contributed by atoms with Crippen molar-refractivity contribution in [1.29, 1.82) is 0 Å². The smallest absolute Gasteiger partial charge is 0.338 e. The molecular weight excluding hydrogens is 460 g/mol. The van der Waals surface area contributed by atoms with Crippen LogP contribution in [-0.4, -0.2) is 25.2 Å². The van der Waals surface area contributed by atoms with Gasteiger partial charge in [0, 0.05) is 6.42 Å². The molecule has 0 N–H and O–H groups in total. The number of hydrogen-bond donors (Lipinski definition) is 0. The fourth-order valence-corrected chi connectivity index (χ4v) is 4.18. The third kappa shape index (κ3) is 21.4. The van der Waals surface area contributed by atoms with Gasteiger partial charge in [-0.15, -0.1) is 0 Å². The first-order valence-corrected chi connectivity index (χ1v) is 14.9. The van der Waals surface area contributed by atoms with Crippen LogP contribution in [0.25, 0.3) is 0 Å². The summed E-state index contributed by atoms with van der Waals surface area (Å²) in [7, 11) is 0. The summed E-state index contributed by atoms with van der Waals surface area (Å²) < 4.78 is 10.3. The van der Waals surface area contributed by atoms with E-state index in [-0.39, 0.29) is 25.2 Å². The van der Waals surface area contributed by atoms with Gasteiger partial charge in [-0.25, -0.2) is 4.79 Å². The molecule has 0 radical (unpaired) electrons. The largest absolute Gasteiger partial charge is 0.461 e. The molecule has 0 heterocycles. The molecular formula is C33H52O4. The summed E-state index contributed by atoms with van der Waals surface area (Å²) in [6.07, 6.45) is 30.5. The van der Waals surface area contributed by atoms with Crippen molar-refractivity contribution in [2.24, 2.45) is 0 Å². The monoisotopic (exact) mass is 512 g/mol. The zero-order chi connectivity index (χ0) is 26.7. The first kappa shape index (κ1) is 32.7. The summed E-state index contributed by atoms with van der Waals surface area (Å²) in [5.41, 5.74) is 0.527. The van der Waals surface area contributed by atoms with E-state index in [4.69, 9.17) is 9.47 Å². The molecule has 1 rings (SSSR count). The van der Waals surface area contributed by atoms with Gasteiger partial charge >= 0.3 is 11.9 Å². The minimum absolute atomic E-state index is 0.160. The SMILES string of the molecule is CCCCCCCCC=CCCCCCCCCCCCC(=O)OCC=CCOC(=O)c1ccccc1. The van der Waals surface area contributed by atoms with Gasteiger partial charge in [0.2, 0.25) is 0 Å². The molecule has 1 aromatic rings. The zero-order valence-electron chi connectivity index (χ0n) is 23.5. The molecule has 4 nitrogen and oxygen atoms in total. The Balaban J connectivity index is 1.80. The highest BCUT2D eigenvalue weighted by Crippen LogP contribution is 2.12. The Kier molecular flexibility index (Phi) is 22.3. The van der Waals surface area contributed by atoms with E-state index < -0.39 is 0 Å². The molecule has 37 heavy (non-hydrogen) atoms. The Bertz CT molecular complexity index is 723. The van der Waals surface area contributed by atoms with E-state index in [0.29, 0.717) is 12.0 Å². The van der Waals surface area contributed by atoms with Crippen LogP contribution < -0.4 is 0 Å². The molecule has 0 aliphatic heterocycles. The molecule has 0 saturated heterocycles. The van der Waals surface area contributed by atoms with E-state index in [9.17, 15) is 9.59 Å². The lowest BCUT2D eigenvalue weighted by Crippen LogP contribution is -2.06. The first-order chi connectivity index (χ1) is 18.2. The zero-order valence-corrected chi connectivity index (χ0v) is 23.5. The first-order valence-electron chi connectivity index (χ1n) is 14.9. The van der Waals surface area contributed by atoms with Crippen molar-refractivity contribution < 1.29 is 19.1 Å². The van der Waals surface area contributed by atoms with Gasteiger partial charge in [-0.3, -0.25) is 4.79 Å². The summed E-state index contributed by atoms with van der Waals surface area (Å²) in [4.78, 5) is 23.6. The average molecular weight is 513 g/mol. The Labute approximate surface area is 226 Å². The van der Waals surface area contributed by atoms with E-state index in [2.05, 4.69) is 19.1 Å². The van der Waals surface area contributed by atoms with Crippen LogP contribution in [0.5, 0.6) is 0 Å². The molecule has 4 heteroatoms. The summed E-state index contributed by atoms with van der Waals surface area (Å²) >= 11 is 0. The maximum atomic E-state index is 11.8. The van der Waals surface area contributed by atoms with E-state index in [1.807, 2.05) is 6.07 Å². The van der Waals surface area contributed by atoms with Crippen molar-refractivity contribution in [3.8, 4) is 0 Å². The Morgan fingerprint density at radius 2 is 1.08 bits per heavy atom. The van der Waals surface area contributed by atoms with Crippen LogP contribution in [0.2, 0.25) is 0 Å². The molecule has 0 fully saturated rings. The highest BCUT2D eigenvalue weighted by Gasteiger charge is 2.04. The molecule has 0 aliphatic carbocycles. The van der Waals surface area contributed by atoms with Gasteiger partial charge in [0.05, 0.1) is 5.56 Å². The van der Waals surface area contributed by atoms with Gasteiger partial charge in [-0.2, -0.15) is 0 Å². The van der Waals surface area contributed by atoms with Crippen molar-refractivity contribution in [2.45, 2.75) is 122 Å². The van der Waals surface area contributed by atoms with E-state index in [1.165, 1.54) is 96.3 Å². The second-order valence-corrected chi connectivity index (χ2v) is 9.87. The van der Waals surface area contributed by atoms with Gasteiger partial charge in [-0.05, 0) is 56.4 Å². The average Bonchev–Trinajstić information content (AvgIpc) is 2.92. The Morgan fingerprint density at radius 1 is 0.595 bits per heavy atom. The molecule has 0 bridgehead atoms. The van der Waals surface area contributed by atoms with Crippen LogP contribution in [0.4, 0.5) is 0 Å². The van der Waals surface area contributed by atoms with E-state index >= 15 is 0 Å². The lowest BCUT2D eigenvalue weighted by atomic mass is 10.1. The van der Waals surface area contributed by atoms with Crippen LogP contribution >= 0.6 is 0 Å². The minimum atomic E-state index is -0.357.